The van der Waals surface area contributed by atoms with E-state index in [0.717, 1.165) is 42.7 Å². The molecule has 0 saturated heterocycles. The minimum Gasteiger partial charge on any atom is -0.457 e. The molecule has 3 aromatic carbocycles. The van der Waals surface area contributed by atoms with Crippen LogP contribution in [-0.4, -0.2) is 50.0 Å². The Morgan fingerprint density at radius 3 is 2.17 bits per heavy atom. The Bertz CT molecular complexity index is 1430. The third-order valence-corrected chi connectivity index (χ3v) is 8.71. The largest absolute Gasteiger partial charge is 0.457 e. The molecule has 0 unspecified atom stereocenters. The zero-order chi connectivity index (χ0) is 29.4. The molecule has 0 bridgehead atoms. The highest BCUT2D eigenvalue weighted by Crippen LogP contribution is 2.26. The molecule has 218 valence electrons. The minimum atomic E-state index is -3.85. The summed E-state index contributed by atoms with van der Waals surface area (Å²) in [4.78, 5) is 28.5. The van der Waals surface area contributed by atoms with Crippen molar-refractivity contribution in [2.45, 2.75) is 57.7 Å². The highest BCUT2D eigenvalue weighted by molar-refractivity contribution is 7.92. The average molecular weight is 598 g/mol. The molecule has 0 aliphatic heterocycles. The lowest BCUT2D eigenvalue weighted by molar-refractivity contribution is -0.139. The van der Waals surface area contributed by atoms with Gasteiger partial charge in [0.1, 0.15) is 24.1 Å². The molecular formula is C31H36ClN3O5S. The summed E-state index contributed by atoms with van der Waals surface area (Å²) in [7, 11) is -3.85. The number of nitrogens with one attached hydrogen (secondary N) is 1. The number of hydrogen-bond acceptors (Lipinski definition) is 5. The van der Waals surface area contributed by atoms with Gasteiger partial charge in [-0.2, -0.15) is 0 Å². The topological polar surface area (TPSA) is 96.0 Å². The van der Waals surface area contributed by atoms with Crippen LogP contribution < -0.4 is 14.4 Å². The Balaban J connectivity index is 1.55. The van der Waals surface area contributed by atoms with Crippen molar-refractivity contribution in [3.63, 3.8) is 0 Å². The fraction of sp³-hybridized carbons (Fsp3) is 0.355. The fourth-order valence-electron chi connectivity index (χ4n) is 4.88. The first kappa shape index (κ1) is 30.4. The van der Waals surface area contributed by atoms with Crippen LogP contribution in [0.25, 0.3) is 0 Å². The molecular weight excluding hydrogens is 562 g/mol. The molecule has 2 amide bonds. The van der Waals surface area contributed by atoms with Gasteiger partial charge in [-0.05, 0) is 67.8 Å². The van der Waals surface area contributed by atoms with Crippen LogP contribution in [0, 0.1) is 0 Å². The lowest BCUT2D eigenvalue weighted by atomic mass is 9.95. The van der Waals surface area contributed by atoms with Crippen LogP contribution in [0.5, 0.6) is 11.5 Å². The predicted molar refractivity (Wildman–Crippen MR) is 162 cm³/mol. The number of rotatable bonds is 11. The van der Waals surface area contributed by atoms with Gasteiger partial charge in [-0.15, -0.1) is 0 Å². The lowest BCUT2D eigenvalue weighted by Crippen LogP contribution is -2.53. The fourth-order valence-corrected chi connectivity index (χ4v) is 5.93. The van der Waals surface area contributed by atoms with Crippen molar-refractivity contribution in [3.8, 4) is 11.5 Å². The standard InChI is InChI=1S/C31H36ClN3O5S/c1-23(31(37)33-25-12-5-3-6-13-25)34(21-24-11-9-10-16-29(24)32)30(36)22-35(41(2,38)39)26-17-19-28(20-18-26)40-27-14-7-4-8-15-27/h4,7-11,14-20,23,25H,3,5-6,12-13,21-22H2,1-2H3,(H,33,37)/t23-/m0/s1. The predicted octanol–water partition coefficient (Wildman–Crippen LogP) is 5.76. The Hall–Kier alpha value is -3.56. The van der Waals surface area contributed by atoms with E-state index in [2.05, 4.69) is 5.32 Å². The molecule has 41 heavy (non-hydrogen) atoms. The van der Waals surface area contributed by atoms with E-state index < -0.39 is 28.5 Å². The molecule has 1 saturated carbocycles. The van der Waals surface area contributed by atoms with E-state index in [9.17, 15) is 18.0 Å². The SMILES string of the molecule is C[C@@H](C(=O)NC1CCCCC1)N(Cc1ccccc1Cl)C(=O)CN(c1ccc(Oc2ccccc2)cc1)S(C)(=O)=O. The molecule has 0 spiro atoms. The Morgan fingerprint density at radius 2 is 1.54 bits per heavy atom. The zero-order valence-corrected chi connectivity index (χ0v) is 24.9. The van der Waals surface area contributed by atoms with Gasteiger partial charge in [-0.1, -0.05) is 67.3 Å². The number of ether oxygens (including phenoxy) is 1. The number of anilines is 1. The summed E-state index contributed by atoms with van der Waals surface area (Å²) >= 11 is 6.40. The number of halogens is 1. The first-order chi connectivity index (χ1) is 19.6. The summed E-state index contributed by atoms with van der Waals surface area (Å²) in [6.45, 7) is 1.23. The summed E-state index contributed by atoms with van der Waals surface area (Å²) < 4.78 is 32.6. The van der Waals surface area contributed by atoms with E-state index in [1.54, 1.807) is 55.5 Å². The van der Waals surface area contributed by atoms with Gasteiger partial charge in [0.15, 0.2) is 0 Å². The van der Waals surface area contributed by atoms with Gasteiger partial charge < -0.3 is 15.0 Å². The van der Waals surface area contributed by atoms with Gasteiger partial charge in [0, 0.05) is 17.6 Å². The molecule has 10 heteroatoms. The van der Waals surface area contributed by atoms with Crippen molar-refractivity contribution in [3.05, 3.63) is 89.4 Å². The van der Waals surface area contributed by atoms with Crippen LogP contribution in [0.1, 0.15) is 44.6 Å². The Labute approximate surface area is 247 Å². The number of para-hydroxylation sites is 1. The summed E-state index contributed by atoms with van der Waals surface area (Å²) in [5, 5.41) is 3.54. The lowest BCUT2D eigenvalue weighted by Gasteiger charge is -2.33. The number of hydrogen-bond donors (Lipinski definition) is 1. The second-order valence-corrected chi connectivity index (χ2v) is 12.6. The van der Waals surface area contributed by atoms with Gasteiger partial charge in [-0.3, -0.25) is 13.9 Å². The molecule has 0 heterocycles. The van der Waals surface area contributed by atoms with Crippen LogP contribution >= 0.6 is 11.6 Å². The molecule has 8 nitrogen and oxygen atoms in total. The highest BCUT2D eigenvalue weighted by atomic mass is 35.5. The maximum Gasteiger partial charge on any atom is 0.244 e. The first-order valence-electron chi connectivity index (χ1n) is 13.8. The molecule has 4 rings (SSSR count). The van der Waals surface area contributed by atoms with Crippen LogP contribution in [0.4, 0.5) is 5.69 Å². The van der Waals surface area contributed by atoms with Crippen LogP contribution in [0.3, 0.4) is 0 Å². The van der Waals surface area contributed by atoms with Gasteiger partial charge in [0.25, 0.3) is 0 Å². The van der Waals surface area contributed by atoms with Crippen molar-refractivity contribution < 1.29 is 22.7 Å². The van der Waals surface area contributed by atoms with Crippen molar-refractivity contribution in [2.24, 2.45) is 0 Å². The number of amides is 2. The zero-order valence-electron chi connectivity index (χ0n) is 23.3. The molecule has 1 atom stereocenters. The molecule has 0 aromatic heterocycles. The second-order valence-electron chi connectivity index (χ2n) is 10.3. The first-order valence-corrected chi connectivity index (χ1v) is 16.0. The average Bonchev–Trinajstić information content (AvgIpc) is 2.96. The van der Waals surface area contributed by atoms with Crippen LogP contribution in [0.15, 0.2) is 78.9 Å². The number of sulfonamides is 1. The quantitative estimate of drug-likeness (QED) is 0.303. The number of carbonyl (C=O) groups is 2. The second kappa shape index (κ2) is 13.9. The van der Waals surface area contributed by atoms with Gasteiger partial charge >= 0.3 is 0 Å². The number of carbonyl (C=O) groups excluding carboxylic acids is 2. The van der Waals surface area contributed by atoms with Crippen molar-refractivity contribution in [1.29, 1.82) is 0 Å². The summed E-state index contributed by atoms with van der Waals surface area (Å²) in [6, 6.07) is 22.0. The van der Waals surface area contributed by atoms with Gasteiger partial charge in [0.2, 0.25) is 21.8 Å². The van der Waals surface area contributed by atoms with E-state index in [-0.39, 0.29) is 18.5 Å². The molecule has 1 N–H and O–H groups in total. The van der Waals surface area contributed by atoms with Crippen molar-refractivity contribution in [2.75, 3.05) is 17.1 Å². The normalized spacial score (nSPS) is 14.6. The van der Waals surface area contributed by atoms with Crippen LogP contribution in [-0.2, 0) is 26.2 Å². The minimum absolute atomic E-state index is 0.0548. The molecule has 1 aliphatic carbocycles. The monoisotopic (exact) mass is 597 g/mol. The van der Waals surface area contributed by atoms with Crippen LogP contribution in [0.2, 0.25) is 5.02 Å². The van der Waals surface area contributed by atoms with Crippen molar-refractivity contribution in [1.82, 2.24) is 10.2 Å². The summed E-state index contributed by atoms with van der Waals surface area (Å²) in [6.07, 6.45) is 6.12. The molecule has 1 aliphatic rings. The van der Waals surface area contributed by atoms with E-state index in [1.807, 2.05) is 30.3 Å². The smallest absolute Gasteiger partial charge is 0.244 e. The summed E-state index contributed by atoms with van der Waals surface area (Å²) in [5.74, 6) is 0.371. The highest BCUT2D eigenvalue weighted by Gasteiger charge is 2.31. The maximum absolute atomic E-state index is 13.8. The van der Waals surface area contributed by atoms with E-state index in [1.165, 1.54) is 4.90 Å². The third kappa shape index (κ3) is 8.47. The molecule has 0 radical (unpaired) electrons. The summed E-state index contributed by atoms with van der Waals surface area (Å²) in [5.41, 5.74) is 0.964. The third-order valence-electron chi connectivity index (χ3n) is 7.20. The molecule has 1 fully saturated rings. The number of benzene rings is 3. The molecule has 3 aromatic rings. The van der Waals surface area contributed by atoms with E-state index >= 15 is 0 Å². The Kier molecular flexibility index (Phi) is 10.3. The maximum atomic E-state index is 13.8. The van der Waals surface area contributed by atoms with E-state index in [4.69, 9.17) is 16.3 Å². The van der Waals surface area contributed by atoms with E-state index in [0.29, 0.717) is 27.8 Å². The van der Waals surface area contributed by atoms with Crippen molar-refractivity contribution >= 4 is 39.1 Å². The Morgan fingerprint density at radius 1 is 0.927 bits per heavy atom. The van der Waals surface area contributed by atoms with Gasteiger partial charge in [-0.25, -0.2) is 8.42 Å². The number of nitrogens with zero attached hydrogens (tertiary/aromatic N) is 2. The van der Waals surface area contributed by atoms with Gasteiger partial charge in [0.05, 0.1) is 11.9 Å².